The number of esters is 1. The average Bonchev–Trinajstić information content (AvgIpc) is 2.94. The van der Waals surface area contributed by atoms with Gasteiger partial charge in [-0.15, -0.1) is 0 Å². The molecule has 156 valence electrons. The highest BCUT2D eigenvalue weighted by atomic mass is 35.5. The van der Waals surface area contributed by atoms with Crippen LogP contribution in [0.15, 0.2) is 53.2 Å². The number of unbranched alkanes of at least 4 members (excludes halogenated alkanes) is 1. The average molecular weight is 468 g/mol. The van der Waals surface area contributed by atoms with Gasteiger partial charge in [-0.25, -0.2) is 9.69 Å². The van der Waals surface area contributed by atoms with E-state index >= 15 is 0 Å². The number of hydrogen-bond donors (Lipinski definition) is 1. The Hall–Kier alpha value is -2.54. The lowest BCUT2D eigenvalue weighted by Crippen LogP contribution is -2.32. The molecule has 0 saturated heterocycles. The predicted octanol–water partition coefficient (Wildman–Crippen LogP) is 5.39. The largest absolute Gasteiger partial charge is 0.462 e. The zero-order valence-electron chi connectivity index (χ0n) is 15.9. The van der Waals surface area contributed by atoms with Gasteiger partial charge in [0.25, 0.3) is 11.8 Å². The topological polar surface area (TPSA) is 75.7 Å². The van der Waals surface area contributed by atoms with Gasteiger partial charge in [0, 0.05) is 10.7 Å². The van der Waals surface area contributed by atoms with Crippen molar-refractivity contribution in [1.29, 1.82) is 0 Å². The summed E-state index contributed by atoms with van der Waals surface area (Å²) in [5, 5.41) is 3.04. The van der Waals surface area contributed by atoms with Crippen LogP contribution in [0.2, 0.25) is 10.0 Å². The number of nitrogens with one attached hydrogen (secondary N) is 1. The van der Waals surface area contributed by atoms with Crippen LogP contribution in [0.25, 0.3) is 0 Å². The smallest absolute Gasteiger partial charge is 0.338 e. The predicted molar refractivity (Wildman–Crippen MR) is 117 cm³/mol. The molecule has 2 aromatic rings. The lowest BCUT2D eigenvalue weighted by molar-refractivity contribution is -0.120. The Morgan fingerprint density at radius 2 is 1.73 bits per heavy atom. The third-order valence-electron chi connectivity index (χ3n) is 4.30. The van der Waals surface area contributed by atoms with Gasteiger partial charge in [-0.2, -0.15) is 0 Å². The van der Waals surface area contributed by atoms with Gasteiger partial charge in [-0.3, -0.25) is 9.59 Å². The van der Waals surface area contributed by atoms with Crippen molar-refractivity contribution in [2.45, 2.75) is 19.8 Å². The molecule has 2 amide bonds. The van der Waals surface area contributed by atoms with Crippen LogP contribution in [0.4, 0.5) is 11.4 Å². The summed E-state index contributed by atoms with van der Waals surface area (Å²) in [6.45, 7) is 2.36. The first-order valence-corrected chi connectivity index (χ1v) is 10.2. The summed E-state index contributed by atoms with van der Waals surface area (Å²) in [6, 6.07) is 10.7. The van der Waals surface area contributed by atoms with Gasteiger partial charge in [-0.1, -0.05) is 48.1 Å². The molecule has 0 saturated carbocycles. The summed E-state index contributed by atoms with van der Waals surface area (Å²) < 4.78 is 5.16. The number of carbonyl (C=O) groups is 3. The molecule has 0 unspecified atom stereocenters. The maximum Gasteiger partial charge on any atom is 0.338 e. The molecule has 0 spiro atoms. The minimum Gasteiger partial charge on any atom is -0.462 e. The van der Waals surface area contributed by atoms with Crippen LogP contribution < -0.4 is 10.2 Å². The van der Waals surface area contributed by atoms with Crippen LogP contribution in [0.3, 0.4) is 0 Å². The van der Waals surface area contributed by atoms with Crippen LogP contribution in [0.1, 0.15) is 30.1 Å². The lowest BCUT2D eigenvalue weighted by atomic mass is 10.2. The van der Waals surface area contributed by atoms with Crippen LogP contribution in [-0.2, 0) is 14.3 Å². The third-order valence-corrected chi connectivity index (χ3v) is 5.20. The molecule has 1 heterocycles. The molecular weight excluding hydrogens is 451 g/mol. The number of benzene rings is 2. The molecule has 0 atom stereocenters. The molecule has 30 heavy (non-hydrogen) atoms. The van der Waals surface area contributed by atoms with Crippen molar-refractivity contribution in [3.05, 3.63) is 68.8 Å². The Balaban J connectivity index is 1.76. The van der Waals surface area contributed by atoms with Gasteiger partial charge in [0.15, 0.2) is 0 Å². The molecule has 1 aliphatic rings. The van der Waals surface area contributed by atoms with Gasteiger partial charge in [-0.05, 0) is 48.9 Å². The Morgan fingerprint density at radius 3 is 2.40 bits per heavy atom. The van der Waals surface area contributed by atoms with E-state index in [-0.39, 0.29) is 21.4 Å². The molecule has 0 bridgehead atoms. The van der Waals surface area contributed by atoms with E-state index in [1.54, 1.807) is 30.3 Å². The number of ether oxygens (including phenoxy) is 1. The molecule has 2 aromatic carbocycles. The molecular formula is C21H17Cl3N2O4. The molecule has 3 rings (SSSR count). The van der Waals surface area contributed by atoms with Crippen molar-refractivity contribution < 1.29 is 19.1 Å². The van der Waals surface area contributed by atoms with Gasteiger partial charge >= 0.3 is 5.97 Å². The SMILES string of the molecule is CCCCOC(=O)c1ccc(NC2=C(Cl)C(=O)N(c3cc(Cl)ccc3Cl)C2=O)cc1. The second-order valence-corrected chi connectivity index (χ2v) is 7.64. The number of amides is 2. The minimum absolute atomic E-state index is 0.101. The fraction of sp³-hybridized carbons (Fsp3) is 0.190. The van der Waals surface area contributed by atoms with Gasteiger partial charge in [0.1, 0.15) is 10.7 Å². The highest BCUT2D eigenvalue weighted by Gasteiger charge is 2.40. The van der Waals surface area contributed by atoms with Crippen LogP contribution in [0.5, 0.6) is 0 Å². The molecule has 6 nitrogen and oxygen atoms in total. The zero-order chi connectivity index (χ0) is 21.8. The van der Waals surface area contributed by atoms with Crippen LogP contribution >= 0.6 is 34.8 Å². The summed E-state index contributed by atoms with van der Waals surface area (Å²) in [5.74, 6) is -1.82. The summed E-state index contributed by atoms with van der Waals surface area (Å²) >= 11 is 18.2. The summed E-state index contributed by atoms with van der Waals surface area (Å²) in [5.41, 5.74) is 0.876. The summed E-state index contributed by atoms with van der Waals surface area (Å²) in [6.07, 6.45) is 1.72. The molecule has 0 fully saturated rings. The van der Waals surface area contributed by atoms with E-state index in [0.717, 1.165) is 17.7 Å². The standard InChI is InChI=1S/C21H17Cl3N2O4/c1-2-3-10-30-21(29)12-4-7-14(8-5-12)25-18-17(24)19(27)26(20(18)28)16-11-13(22)6-9-15(16)23/h4-9,11,25H,2-3,10H2,1H3. The Kier molecular flexibility index (Phi) is 7.02. The van der Waals surface area contributed by atoms with Crippen molar-refractivity contribution in [2.24, 2.45) is 0 Å². The van der Waals surface area contributed by atoms with E-state index in [0.29, 0.717) is 22.9 Å². The summed E-state index contributed by atoms with van der Waals surface area (Å²) in [4.78, 5) is 38.2. The number of hydrogen-bond acceptors (Lipinski definition) is 5. The number of rotatable bonds is 7. The number of anilines is 2. The fourth-order valence-corrected chi connectivity index (χ4v) is 3.29. The molecule has 9 heteroatoms. The third kappa shape index (κ3) is 4.61. The van der Waals surface area contributed by atoms with Crippen molar-refractivity contribution in [3.63, 3.8) is 0 Å². The van der Waals surface area contributed by atoms with Crippen molar-refractivity contribution in [1.82, 2.24) is 0 Å². The van der Waals surface area contributed by atoms with E-state index in [2.05, 4.69) is 5.32 Å². The summed E-state index contributed by atoms with van der Waals surface area (Å²) in [7, 11) is 0. The van der Waals surface area contributed by atoms with Gasteiger partial charge in [0.05, 0.1) is 22.9 Å². The maximum atomic E-state index is 12.8. The highest BCUT2D eigenvalue weighted by molar-refractivity contribution is 6.54. The number of halogens is 3. The second kappa shape index (κ2) is 9.51. The van der Waals surface area contributed by atoms with Crippen molar-refractivity contribution >= 4 is 64.0 Å². The Labute approximate surface area is 188 Å². The fourth-order valence-electron chi connectivity index (χ4n) is 2.71. The second-order valence-electron chi connectivity index (χ2n) is 6.42. The minimum atomic E-state index is -0.718. The Bertz CT molecular complexity index is 1040. The molecule has 1 N–H and O–H groups in total. The highest BCUT2D eigenvalue weighted by Crippen LogP contribution is 2.35. The molecule has 0 radical (unpaired) electrons. The van der Waals surface area contributed by atoms with Gasteiger partial charge in [0.2, 0.25) is 0 Å². The van der Waals surface area contributed by atoms with Crippen molar-refractivity contribution in [3.8, 4) is 0 Å². The first kappa shape index (κ1) is 22.2. The monoisotopic (exact) mass is 466 g/mol. The first-order chi connectivity index (χ1) is 14.3. The van der Waals surface area contributed by atoms with E-state index in [1.807, 2.05) is 6.92 Å². The molecule has 1 aliphatic heterocycles. The molecule has 0 aliphatic carbocycles. The van der Waals surface area contributed by atoms with Gasteiger partial charge < -0.3 is 10.1 Å². The normalized spacial score (nSPS) is 13.8. The van der Waals surface area contributed by atoms with Crippen molar-refractivity contribution in [2.75, 3.05) is 16.8 Å². The Morgan fingerprint density at radius 1 is 1.03 bits per heavy atom. The van der Waals surface area contributed by atoms with E-state index < -0.39 is 17.8 Å². The number of carbonyl (C=O) groups excluding carboxylic acids is 3. The zero-order valence-corrected chi connectivity index (χ0v) is 18.1. The lowest BCUT2D eigenvalue weighted by Gasteiger charge is -2.17. The van der Waals surface area contributed by atoms with E-state index in [1.165, 1.54) is 12.1 Å². The quantitative estimate of drug-likeness (QED) is 0.336. The van der Waals surface area contributed by atoms with Crippen LogP contribution in [0, 0.1) is 0 Å². The van der Waals surface area contributed by atoms with Crippen LogP contribution in [-0.4, -0.2) is 24.4 Å². The number of nitrogens with zero attached hydrogens (tertiary/aromatic N) is 1. The maximum absolute atomic E-state index is 12.8. The first-order valence-electron chi connectivity index (χ1n) is 9.11. The molecule has 0 aromatic heterocycles. The van der Waals surface area contributed by atoms with E-state index in [9.17, 15) is 14.4 Å². The number of imide groups is 1. The van der Waals surface area contributed by atoms with E-state index in [4.69, 9.17) is 39.5 Å².